The highest BCUT2D eigenvalue weighted by atomic mass is 79.9. The molecule has 2 unspecified atom stereocenters. The summed E-state index contributed by atoms with van der Waals surface area (Å²) in [5.74, 6) is 0. The zero-order valence-corrected chi connectivity index (χ0v) is 12.9. The Morgan fingerprint density at radius 2 is 2.44 bits per heavy atom. The summed E-state index contributed by atoms with van der Waals surface area (Å²) in [4.78, 5) is 0. The molecule has 0 aromatic carbocycles. The molecule has 0 radical (unpaired) electrons. The number of aromatic nitrogens is 1. The van der Waals surface area contributed by atoms with Crippen LogP contribution in [-0.2, 0) is 6.54 Å². The average Bonchev–Trinajstić information content (AvgIpc) is 2.99. The smallest absolute Gasteiger partial charge is 0.0950 e. The van der Waals surface area contributed by atoms with Gasteiger partial charge in [0.1, 0.15) is 0 Å². The quantitative estimate of drug-likeness (QED) is 0.895. The SMILES string of the molecule is Brc1sncc1CNC1CCCCC12CCNC2. The molecule has 1 aromatic heterocycles. The van der Waals surface area contributed by atoms with Gasteiger partial charge in [-0.25, -0.2) is 0 Å². The third-order valence-electron chi connectivity index (χ3n) is 4.57. The lowest BCUT2D eigenvalue weighted by atomic mass is 9.69. The molecule has 100 valence electrons. The van der Waals surface area contributed by atoms with Gasteiger partial charge in [-0.05, 0) is 58.7 Å². The van der Waals surface area contributed by atoms with Crippen LogP contribution in [0.1, 0.15) is 37.7 Å². The summed E-state index contributed by atoms with van der Waals surface area (Å²) in [5.41, 5.74) is 1.82. The zero-order valence-electron chi connectivity index (χ0n) is 10.5. The van der Waals surface area contributed by atoms with Gasteiger partial charge in [0.05, 0.1) is 3.79 Å². The van der Waals surface area contributed by atoms with E-state index in [1.165, 1.54) is 66.1 Å². The second-order valence-corrected chi connectivity index (χ2v) is 7.71. The standard InChI is InChI=1S/C13H20BrN3S/c14-12-10(8-17-18-12)7-16-11-3-1-2-4-13(11)5-6-15-9-13/h8,11,15-16H,1-7,9H2. The monoisotopic (exact) mass is 329 g/mol. The van der Waals surface area contributed by atoms with Gasteiger partial charge in [0.2, 0.25) is 0 Å². The van der Waals surface area contributed by atoms with Crippen LogP contribution >= 0.6 is 27.5 Å². The molecule has 18 heavy (non-hydrogen) atoms. The fourth-order valence-corrected chi connectivity index (χ4v) is 4.50. The molecule has 3 rings (SSSR count). The first-order valence-electron chi connectivity index (χ1n) is 6.83. The van der Waals surface area contributed by atoms with Crippen LogP contribution in [0.2, 0.25) is 0 Å². The minimum absolute atomic E-state index is 0.522. The Morgan fingerprint density at radius 1 is 1.50 bits per heavy atom. The Hall–Kier alpha value is 0.0300. The van der Waals surface area contributed by atoms with E-state index in [-0.39, 0.29) is 0 Å². The van der Waals surface area contributed by atoms with E-state index in [4.69, 9.17) is 0 Å². The summed E-state index contributed by atoms with van der Waals surface area (Å²) < 4.78 is 5.39. The summed E-state index contributed by atoms with van der Waals surface area (Å²) >= 11 is 5.10. The first-order chi connectivity index (χ1) is 8.80. The van der Waals surface area contributed by atoms with Gasteiger partial charge in [0.15, 0.2) is 0 Å². The van der Waals surface area contributed by atoms with Gasteiger partial charge in [-0.2, -0.15) is 4.37 Å². The molecule has 2 heterocycles. The van der Waals surface area contributed by atoms with Gasteiger partial charge in [0, 0.05) is 30.9 Å². The molecule has 1 aliphatic carbocycles. The maximum absolute atomic E-state index is 4.22. The largest absolute Gasteiger partial charge is 0.316 e. The number of hydrogen-bond acceptors (Lipinski definition) is 4. The van der Waals surface area contributed by atoms with Gasteiger partial charge >= 0.3 is 0 Å². The summed E-state index contributed by atoms with van der Waals surface area (Å²) in [7, 11) is 0. The van der Waals surface area contributed by atoms with Crippen LogP contribution in [0.3, 0.4) is 0 Å². The normalized spacial score (nSPS) is 32.2. The molecule has 2 atom stereocenters. The molecule has 1 saturated carbocycles. The number of rotatable bonds is 3. The first kappa shape index (κ1) is 13.0. The molecule has 1 saturated heterocycles. The van der Waals surface area contributed by atoms with Crippen LogP contribution in [0.4, 0.5) is 0 Å². The summed E-state index contributed by atoms with van der Waals surface area (Å²) in [6.45, 7) is 3.35. The Labute approximate surface area is 121 Å². The number of nitrogens with zero attached hydrogens (tertiary/aromatic N) is 1. The molecule has 5 heteroatoms. The van der Waals surface area contributed by atoms with E-state index in [1.54, 1.807) is 0 Å². The highest BCUT2D eigenvalue weighted by molar-refractivity contribution is 9.11. The Bertz CT molecular complexity index is 401. The van der Waals surface area contributed by atoms with Crippen LogP contribution in [0.25, 0.3) is 0 Å². The summed E-state index contributed by atoms with van der Waals surface area (Å²) in [6.07, 6.45) is 8.82. The van der Waals surface area contributed by atoms with Crippen LogP contribution < -0.4 is 10.6 Å². The number of halogens is 1. The molecular formula is C13H20BrN3S. The summed E-state index contributed by atoms with van der Waals surface area (Å²) in [6, 6.07) is 0.674. The maximum atomic E-state index is 4.22. The van der Waals surface area contributed by atoms with Gasteiger partial charge in [0.25, 0.3) is 0 Å². The van der Waals surface area contributed by atoms with Crippen LogP contribution in [0, 0.1) is 5.41 Å². The Morgan fingerprint density at radius 3 is 3.17 bits per heavy atom. The molecule has 0 bridgehead atoms. The highest BCUT2D eigenvalue weighted by Gasteiger charge is 2.42. The van der Waals surface area contributed by atoms with Gasteiger partial charge in [-0.15, -0.1) is 0 Å². The number of nitrogens with one attached hydrogen (secondary N) is 2. The fourth-order valence-electron chi connectivity index (χ4n) is 3.49. The van der Waals surface area contributed by atoms with Crippen molar-refractivity contribution >= 4 is 27.5 Å². The summed E-state index contributed by atoms with van der Waals surface area (Å²) in [5, 5.41) is 7.35. The van der Waals surface area contributed by atoms with Crippen LogP contribution in [0.5, 0.6) is 0 Å². The van der Waals surface area contributed by atoms with E-state index in [0.29, 0.717) is 11.5 Å². The second-order valence-electron chi connectivity index (χ2n) is 5.59. The molecule has 2 fully saturated rings. The van der Waals surface area contributed by atoms with Crippen molar-refractivity contribution in [2.45, 2.75) is 44.7 Å². The van der Waals surface area contributed by atoms with Gasteiger partial charge < -0.3 is 10.6 Å². The molecule has 0 amide bonds. The molecule has 1 spiro atoms. The fraction of sp³-hybridized carbons (Fsp3) is 0.769. The molecule has 1 aromatic rings. The lowest BCUT2D eigenvalue weighted by Crippen LogP contribution is -2.48. The van der Waals surface area contributed by atoms with Crippen molar-refractivity contribution in [2.75, 3.05) is 13.1 Å². The van der Waals surface area contributed by atoms with E-state index in [9.17, 15) is 0 Å². The van der Waals surface area contributed by atoms with E-state index in [2.05, 4.69) is 30.9 Å². The van der Waals surface area contributed by atoms with E-state index < -0.39 is 0 Å². The van der Waals surface area contributed by atoms with Crippen molar-refractivity contribution in [2.24, 2.45) is 5.41 Å². The molecular weight excluding hydrogens is 310 g/mol. The highest BCUT2D eigenvalue weighted by Crippen LogP contribution is 2.41. The van der Waals surface area contributed by atoms with Crippen molar-refractivity contribution in [3.05, 3.63) is 15.5 Å². The van der Waals surface area contributed by atoms with Crippen molar-refractivity contribution in [1.29, 1.82) is 0 Å². The minimum Gasteiger partial charge on any atom is -0.316 e. The van der Waals surface area contributed by atoms with Gasteiger partial charge in [-0.1, -0.05) is 12.8 Å². The van der Waals surface area contributed by atoms with Crippen LogP contribution in [-0.4, -0.2) is 23.5 Å². The van der Waals surface area contributed by atoms with Crippen LogP contribution in [0.15, 0.2) is 9.98 Å². The maximum Gasteiger partial charge on any atom is 0.0950 e. The number of hydrogen-bond donors (Lipinski definition) is 2. The van der Waals surface area contributed by atoms with E-state index in [1.807, 2.05) is 6.20 Å². The van der Waals surface area contributed by atoms with Crippen molar-refractivity contribution in [3.8, 4) is 0 Å². The van der Waals surface area contributed by atoms with Crippen molar-refractivity contribution in [3.63, 3.8) is 0 Å². The topological polar surface area (TPSA) is 37.0 Å². The minimum atomic E-state index is 0.522. The van der Waals surface area contributed by atoms with E-state index in [0.717, 1.165) is 6.54 Å². The predicted molar refractivity (Wildman–Crippen MR) is 78.8 cm³/mol. The zero-order chi connectivity index (χ0) is 12.4. The molecule has 2 N–H and O–H groups in total. The average molecular weight is 330 g/mol. The Kier molecular flexibility index (Phi) is 4.03. The van der Waals surface area contributed by atoms with Gasteiger partial charge in [-0.3, -0.25) is 0 Å². The Balaban J connectivity index is 1.65. The molecule has 2 aliphatic rings. The molecule has 3 nitrogen and oxygen atoms in total. The van der Waals surface area contributed by atoms with Crippen molar-refractivity contribution in [1.82, 2.24) is 15.0 Å². The second kappa shape index (κ2) is 5.57. The lowest BCUT2D eigenvalue weighted by Gasteiger charge is -2.41. The molecule has 1 aliphatic heterocycles. The lowest BCUT2D eigenvalue weighted by molar-refractivity contribution is 0.145. The van der Waals surface area contributed by atoms with Crippen molar-refractivity contribution < 1.29 is 0 Å². The predicted octanol–water partition coefficient (Wildman–Crippen LogP) is 2.92. The van der Waals surface area contributed by atoms with E-state index >= 15 is 0 Å². The third-order valence-corrected chi connectivity index (χ3v) is 6.14. The third kappa shape index (κ3) is 2.50. The first-order valence-corrected chi connectivity index (χ1v) is 8.40.